The molecule has 3 atom stereocenters. The molecule has 1 unspecified atom stereocenters. The molecule has 0 saturated heterocycles. The number of aliphatic hydroxyl groups excluding tert-OH is 1. The van der Waals surface area contributed by atoms with Crippen LogP contribution in [0.25, 0.3) is 0 Å². The largest absolute Gasteiger partial charge is 0.756 e. The summed E-state index contributed by atoms with van der Waals surface area (Å²) < 4.78 is 23.2. The Balaban J connectivity index is 4.46. The maximum atomic E-state index is 12.8. The van der Waals surface area contributed by atoms with Crippen LogP contribution in [0.3, 0.4) is 0 Å². The summed E-state index contributed by atoms with van der Waals surface area (Å²) in [6.45, 7) is 4.67. The third-order valence-corrected chi connectivity index (χ3v) is 10.4. The summed E-state index contributed by atoms with van der Waals surface area (Å²) in [7, 11) is 1.28. The normalized spacial score (nSPS) is 14.7. The number of hydrogen-bond acceptors (Lipinski definition) is 6. The van der Waals surface area contributed by atoms with Crippen molar-refractivity contribution in [2.24, 2.45) is 0 Å². The van der Waals surface area contributed by atoms with Crippen LogP contribution in [-0.2, 0) is 18.4 Å². The van der Waals surface area contributed by atoms with Crippen molar-refractivity contribution in [1.29, 1.82) is 0 Å². The van der Waals surface area contributed by atoms with Crippen LogP contribution in [0.2, 0.25) is 0 Å². The highest BCUT2D eigenvalue weighted by atomic mass is 31.2. The summed E-state index contributed by atoms with van der Waals surface area (Å²) in [6, 6.07) is -0.817. The lowest BCUT2D eigenvalue weighted by atomic mass is 10.0. The number of phosphoric acid groups is 1. The van der Waals surface area contributed by atoms with Gasteiger partial charge in [-0.1, -0.05) is 141 Å². The highest BCUT2D eigenvalue weighted by Gasteiger charge is 2.24. The molecule has 0 aliphatic carbocycles. The summed E-state index contributed by atoms with van der Waals surface area (Å²) in [5.74, 6) is -0.185. The zero-order chi connectivity index (χ0) is 37.9. The zero-order valence-corrected chi connectivity index (χ0v) is 35.0. The van der Waals surface area contributed by atoms with Crippen LogP contribution >= 0.6 is 7.82 Å². The maximum absolute atomic E-state index is 12.8. The number of nitrogens with zero attached hydrogens (tertiary/aromatic N) is 1. The number of quaternary nitrogens is 1. The maximum Gasteiger partial charge on any atom is 0.268 e. The van der Waals surface area contributed by atoms with Crippen LogP contribution in [0, 0.1) is 0 Å². The molecule has 0 aliphatic heterocycles. The Bertz CT molecular complexity index is 891. The summed E-state index contributed by atoms with van der Waals surface area (Å²) in [5.41, 5.74) is 0. The molecule has 0 heterocycles. The molecule has 0 bridgehead atoms. The third-order valence-electron chi connectivity index (χ3n) is 9.41. The molecule has 0 rings (SSSR count). The van der Waals surface area contributed by atoms with E-state index in [9.17, 15) is 19.4 Å². The first-order chi connectivity index (χ1) is 24.5. The minimum absolute atomic E-state index is 0.00587. The van der Waals surface area contributed by atoms with Crippen molar-refractivity contribution in [3.63, 3.8) is 0 Å². The van der Waals surface area contributed by atoms with Crippen molar-refractivity contribution in [1.82, 2.24) is 5.32 Å². The van der Waals surface area contributed by atoms with E-state index in [1.807, 2.05) is 21.1 Å². The van der Waals surface area contributed by atoms with Gasteiger partial charge >= 0.3 is 0 Å². The highest BCUT2D eigenvalue weighted by molar-refractivity contribution is 7.45. The van der Waals surface area contributed by atoms with Gasteiger partial charge in [-0.05, 0) is 64.2 Å². The second-order valence-corrected chi connectivity index (χ2v) is 17.1. The van der Waals surface area contributed by atoms with Crippen molar-refractivity contribution < 1.29 is 32.9 Å². The molecule has 8 nitrogen and oxygen atoms in total. The van der Waals surface area contributed by atoms with E-state index >= 15 is 0 Å². The molecule has 51 heavy (non-hydrogen) atoms. The topological polar surface area (TPSA) is 108 Å². The SMILES string of the molecule is CCCCCCC/C=C/CCCCCCCC(=O)N[C@@H](COP(=O)([O-])OCC[N+](C)(C)C)[C@H](O)CCCC/C=C/CCCCCCCCCCC. The monoisotopic (exact) mass is 743 g/mol. The number of nitrogens with one attached hydrogen (secondary N) is 1. The van der Waals surface area contributed by atoms with E-state index in [2.05, 4.69) is 43.5 Å². The van der Waals surface area contributed by atoms with Gasteiger partial charge in [0.2, 0.25) is 5.91 Å². The van der Waals surface area contributed by atoms with Crippen LogP contribution in [0.5, 0.6) is 0 Å². The van der Waals surface area contributed by atoms with Crippen molar-refractivity contribution in [2.45, 2.75) is 199 Å². The average molecular weight is 743 g/mol. The van der Waals surface area contributed by atoms with Crippen LogP contribution in [0.15, 0.2) is 24.3 Å². The summed E-state index contributed by atoms with van der Waals surface area (Å²) in [5, 5.41) is 13.8. The van der Waals surface area contributed by atoms with E-state index in [1.54, 1.807) is 0 Å². The first kappa shape index (κ1) is 50.0. The number of aliphatic hydroxyl groups is 1. The molecule has 9 heteroatoms. The number of unbranched alkanes of at least 4 members (excludes halogenated alkanes) is 21. The second-order valence-electron chi connectivity index (χ2n) is 15.7. The molecule has 1 amide bonds. The van der Waals surface area contributed by atoms with Crippen molar-refractivity contribution in [2.75, 3.05) is 40.9 Å². The Morgan fingerprint density at radius 3 is 1.53 bits per heavy atom. The smallest absolute Gasteiger partial charge is 0.268 e. The van der Waals surface area contributed by atoms with E-state index in [0.29, 0.717) is 23.9 Å². The van der Waals surface area contributed by atoms with Gasteiger partial charge in [0, 0.05) is 6.42 Å². The van der Waals surface area contributed by atoms with Gasteiger partial charge in [-0.15, -0.1) is 0 Å². The first-order valence-electron chi connectivity index (χ1n) is 21.2. The summed E-state index contributed by atoms with van der Waals surface area (Å²) >= 11 is 0. The molecule has 0 aromatic rings. The molecule has 0 aromatic carbocycles. The van der Waals surface area contributed by atoms with Gasteiger partial charge in [0.25, 0.3) is 7.82 Å². The lowest BCUT2D eigenvalue weighted by Crippen LogP contribution is -2.46. The van der Waals surface area contributed by atoms with E-state index in [0.717, 1.165) is 57.8 Å². The first-order valence-corrected chi connectivity index (χ1v) is 22.6. The zero-order valence-electron chi connectivity index (χ0n) is 34.1. The quantitative estimate of drug-likeness (QED) is 0.0282. The van der Waals surface area contributed by atoms with Gasteiger partial charge in [0.1, 0.15) is 13.2 Å². The number of hydrogen-bond donors (Lipinski definition) is 2. The predicted molar refractivity (Wildman–Crippen MR) is 215 cm³/mol. The second kappa shape index (κ2) is 34.7. The fourth-order valence-corrected chi connectivity index (χ4v) is 6.69. The van der Waals surface area contributed by atoms with Gasteiger partial charge in [0.05, 0.1) is 39.9 Å². The molecule has 0 radical (unpaired) electrons. The molecule has 2 N–H and O–H groups in total. The number of rotatable bonds is 38. The molecular formula is C42H83N2O6P. The molecule has 0 spiro atoms. The van der Waals surface area contributed by atoms with E-state index in [4.69, 9.17) is 9.05 Å². The van der Waals surface area contributed by atoms with Gasteiger partial charge in [0.15, 0.2) is 0 Å². The van der Waals surface area contributed by atoms with Gasteiger partial charge in [-0.25, -0.2) is 0 Å². The fraction of sp³-hybridized carbons (Fsp3) is 0.881. The minimum Gasteiger partial charge on any atom is -0.756 e. The Morgan fingerprint density at radius 2 is 1.08 bits per heavy atom. The summed E-state index contributed by atoms with van der Waals surface area (Å²) in [4.78, 5) is 25.2. The molecule has 302 valence electrons. The fourth-order valence-electron chi connectivity index (χ4n) is 5.97. The summed E-state index contributed by atoms with van der Waals surface area (Å²) in [6.07, 6.45) is 38.9. The van der Waals surface area contributed by atoms with Crippen LogP contribution < -0.4 is 10.2 Å². The van der Waals surface area contributed by atoms with E-state index in [-0.39, 0.29) is 19.1 Å². The number of allylic oxidation sites excluding steroid dienone is 4. The molecule has 0 aliphatic rings. The number of phosphoric ester groups is 1. The lowest BCUT2D eigenvalue weighted by Gasteiger charge is -2.30. The van der Waals surface area contributed by atoms with E-state index in [1.165, 1.54) is 103 Å². The van der Waals surface area contributed by atoms with Crippen molar-refractivity contribution >= 4 is 13.7 Å². The number of carbonyl (C=O) groups excluding carboxylic acids is 1. The molecule has 0 aromatic heterocycles. The van der Waals surface area contributed by atoms with Gasteiger partial charge < -0.3 is 28.8 Å². The minimum atomic E-state index is -4.57. The van der Waals surface area contributed by atoms with Crippen LogP contribution in [0.1, 0.15) is 187 Å². The van der Waals surface area contributed by atoms with Crippen LogP contribution in [-0.4, -0.2) is 68.5 Å². The number of likely N-dealkylation sites (N-methyl/N-ethyl adjacent to an activating group) is 1. The standard InChI is InChI=1S/C42H83N2O6P/c1-6-8-10-12-14-16-18-20-22-23-25-27-29-31-33-35-41(45)40(39-50-51(47,48)49-38-37-44(3,4)5)43-42(46)36-34-32-30-28-26-24-21-19-17-15-13-11-9-7-2/h19,21,25,27,40-41,45H,6-18,20,22-24,26,28-39H2,1-5H3,(H-,43,46,47,48)/b21-19+,27-25+/t40-,41+/m0/s1. The number of amides is 1. The Hall–Kier alpha value is -1.02. The Labute approximate surface area is 315 Å². The van der Waals surface area contributed by atoms with Crippen LogP contribution in [0.4, 0.5) is 0 Å². The number of carbonyl (C=O) groups is 1. The third kappa shape index (κ3) is 37.1. The highest BCUT2D eigenvalue weighted by Crippen LogP contribution is 2.38. The predicted octanol–water partition coefficient (Wildman–Crippen LogP) is 10.7. The average Bonchev–Trinajstić information content (AvgIpc) is 3.07. The Kier molecular flexibility index (Phi) is 34.0. The van der Waals surface area contributed by atoms with Crippen molar-refractivity contribution in [3.8, 4) is 0 Å². The van der Waals surface area contributed by atoms with Gasteiger partial charge in [-0.3, -0.25) is 9.36 Å². The Morgan fingerprint density at radius 1 is 0.667 bits per heavy atom. The van der Waals surface area contributed by atoms with E-state index < -0.39 is 20.0 Å². The lowest BCUT2D eigenvalue weighted by molar-refractivity contribution is -0.870. The molecule has 0 saturated carbocycles. The molecular weight excluding hydrogens is 659 g/mol. The molecule has 0 fully saturated rings. The van der Waals surface area contributed by atoms with Crippen molar-refractivity contribution in [3.05, 3.63) is 24.3 Å². The van der Waals surface area contributed by atoms with Gasteiger partial charge in [-0.2, -0.15) is 0 Å².